The van der Waals surface area contributed by atoms with Gasteiger partial charge in [0, 0.05) is 16.5 Å². The predicted octanol–water partition coefficient (Wildman–Crippen LogP) is 4.95. The van der Waals surface area contributed by atoms with Crippen molar-refractivity contribution in [3.8, 4) is 0 Å². The maximum Gasteiger partial charge on any atom is 0.228 e. The Bertz CT molecular complexity index is 1270. The van der Waals surface area contributed by atoms with Crippen molar-refractivity contribution in [2.75, 3.05) is 0 Å². The van der Waals surface area contributed by atoms with E-state index in [4.69, 9.17) is 4.42 Å². The molecular formula is C23H18O4S. The van der Waals surface area contributed by atoms with Crippen molar-refractivity contribution in [3.63, 3.8) is 0 Å². The SMILES string of the molecule is Cc1ccccc1S(=O)(=O)Cc1c(C(=O)c2ccccc2)oc2ccccc12. The number of sulfone groups is 1. The summed E-state index contributed by atoms with van der Waals surface area (Å²) >= 11 is 0. The summed E-state index contributed by atoms with van der Waals surface area (Å²) in [6, 6.07) is 22.7. The van der Waals surface area contributed by atoms with Gasteiger partial charge >= 0.3 is 0 Å². The van der Waals surface area contributed by atoms with Crippen LogP contribution >= 0.6 is 0 Å². The number of carbonyl (C=O) groups excluding carboxylic acids is 1. The van der Waals surface area contributed by atoms with Crippen molar-refractivity contribution in [1.29, 1.82) is 0 Å². The first kappa shape index (κ1) is 18.2. The van der Waals surface area contributed by atoms with Crippen LogP contribution in [0.25, 0.3) is 11.0 Å². The fraction of sp³-hybridized carbons (Fsp3) is 0.0870. The van der Waals surface area contributed by atoms with Gasteiger partial charge in [0.25, 0.3) is 0 Å². The summed E-state index contributed by atoms with van der Waals surface area (Å²) < 4.78 is 32.1. The minimum Gasteiger partial charge on any atom is -0.452 e. The normalized spacial score (nSPS) is 11.6. The zero-order valence-electron chi connectivity index (χ0n) is 15.3. The average Bonchev–Trinajstić information content (AvgIpc) is 3.06. The van der Waals surface area contributed by atoms with Gasteiger partial charge in [-0.1, -0.05) is 66.7 Å². The van der Waals surface area contributed by atoms with Crippen LogP contribution in [0.2, 0.25) is 0 Å². The van der Waals surface area contributed by atoms with Gasteiger partial charge in [-0.2, -0.15) is 0 Å². The van der Waals surface area contributed by atoms with Crippen molar-refractivity contribution in [2.24, 2.45) is 0 Å². The molecule has 0 N–H and O–H groups in total. The largest absolute Gasteiger partial charge is 0.452 e. The first-order chi connectivity index (χ1) is 13.5. The van der Waals surface area contributed by atoms with E-state index in [9.17, 15) is 13.2 Å². The number of hydrogen-bond acceptors (Lipinski definition) is 4. The molecule has 140 valence electrons. The molecule has 0 saturated carbocycles. The van der Waals surface area contributed by atoms with Gasteiger partial charge < -0.3 is 4.42 Å². The third-order valence-corrected chi connectivity index (χ3v) is 6.50. The van der Waals surface area contributed by atoms with E-state index < -0.39 is 9.84 Å². The van der Waals surface area contributed by atoms with E-state index in [0.717, 1.165) is 0 Å². The summed E-state index contributed by atoms with van der Waals surface area (Å²) in [6.07, 6.45) is 0. The van der Waals surface area contributed by atoms with Crippen molar-refractivity contribution in [1.82, 2.24) is 0 Å². The van der Waals surface area contributed by atoms with Crippen LogP contribution in [0, 0.1) is 6.92 Å². The van der Waals surface area contributed by atoms with Crippen LogP contribution in [0.5, 0.6) is 0 Å². The van der Waals surface area contributed by atoms with Crippen LogP contribution in [-0.4, -0.2) is 14.2 Å². The Morgan fingerprint density at radius 1 is 0.857 bits per heavy atom. The lowest BCUT2D eigenvalue weighted by atomic mass is 10.0. The van der Waals surface area contributed by atoms with Crippen LogP contribution in [-0.2, 0) is 15.6 Å². The fourth-order valence-corrected chi connectivity index (χ4v) is 4.99. The topological polar surface area (TPSA) is 64.3 Å². The van der Waals surface area contributed by atoms with Crippen molar-refractivity contribution in [3.05, 3.63) is 101 Å². The number of benzene rings is 3. The fourth-order valence-electron chi connectivity index (χ4n) is 3.32. The van der Waals surface area contributed by atoms with Gasteiger partial charge in [0.2, 0.25) is 5.78 Å². The third-order valence-electron chi connectivity index (χ3n) is 4.70. The Labute approximate surface area is 163 Å². The molecule has 4 rings (SSSR count). The second-order valence-electron chi connectivity index (χ2n) is 6.63. The number of carbonyl (C=O) groups is 1. The summed E-state index contributed by atoms with van der Waals surface area (Å²) in [5, 5.41) is 0.638. The summed E-state index contributed by atoms with van der Waals surface area (Å²) in [7, 11) is -3.66. The molecular weight excluding hydrogens is 372 g/mol. The predicted molar refractivity (Wildman–Crippen MR) is 108 cm³/mol. The second-order valence-corrected chi connectivity index (χ2v) is 8.58. The minimum atomic E-state index is -3.66. The molecule has 0 aliphatic rings. The Hall–Kier alpha value is -3.18. The Kier molecular flexibility index (Phi) is 4.61. The molecule has 0 spiro atoms. The van der Waals surface area contributed by atoms with Crippen LogP contribution in [0.4, 0.5) is 0 Å². The molecule has 0 amide bonds. The molecule has 3 aromatic carbocycles. The Morgan fingerprint density at radius 2 is 1.50 bits per heavy atom. The van der Waals surface area contributed by atoms with Gasteiger partial charge in [0.05, 0.1) is 10.6 Å². The number of rotatable bonds is 5. The zero-order chi connectivity index (χ0) is 19.7. The number of fused-ring (bicyclic) bond motifs is 1. The van der Waals surface area contributed by atoms with Crippen molar-refractivity contribution >= 4 is 26.6 Å². The van der Waals surface area contributed by atoms with E-state index in [-0.39, 0.29) is 22.2 Å². The lowest BCUT2D eigenvalue weighted by molar-refractivity contribution is 0.101. The van der Waals surface area contributed by atoms with E-state index in [2.05, 4.69) is 0 Å². The second kappa shape index (κ2) is 7.09. The number of ketones is 1. The lowest BCUT2D eigenvalue weighted by Crippen LogP contribution is -2.10. The summed E-state index contributed by atoms with van der Waals surface area (Å²) in [5.41, 5.74) is 2.02. The molecule has 1 heterocycles. The third kappa shape index (κ3) is 3.25. The average molecular weight is 390 g/mol. The number of furan rings is 1. The van der Waals surface area contributed by atoms with Crippen LogP contribution in [0.15, 0.2) is 88.2 Å². The molecule has 0 aliphatic carbocycles. The van der Waals surface area contributed by atoms with E-state index in [1.54, 1.807) is 79.7 Å². The number of para-hydroxylation sites is 1. The van der Waals surface area contributed by atoms with E-state index >= 15 is 0 Å². The summed E-state index contributed by atoms with van der Waals surface area (Å²) in [6.45, 7) is 1.76. The van der Waals surface area contributed by atoms with Gasteiger partial charge in [-0.25, -0.2) is 8.42 Å². The standard InChI is InChI=1S/C23H18O4S/c1-16-9-5-8-14-21(16)28(25,26)15-19-18-12-6-7-13-20(18)27-23(19)22(24)17-10-3-2-4-11-17/h2-14H,15H2,1H3. The smallest absolute Gasteiger partial charge is 0.228 e. The molecule has 5 heteroatoms. The van der Waals surface area contributed by atoms with Gasteiger partial charge in [-0.3, -0.25) is 4.79 Å². The van der Waals surface area contributed by atoms with Crippen LogP contribution < -0.4 is 0 Å². The molecule has 0 radical (unpaired) electrons. The van der Waals surface area contributed by atoms with Crippen molar-refractivity contribution in [2.45, 2.75) is 17.6 Å². The van der Waals surface area contributed by atoms with E-state index in [1.165, 1.54) is 0 Å². The highest BCUT2D eigenvalue weighted by Crippen LogP contribution is 2.31. The molecule has 0 aliphatic heterocycles. The maximum atomic E-state index is 13.1. The molecule has 1 aromatic heterocycles. The summed E-state index contributed by atoms with van der Waals surface area (Å²) in [5.74, 6) is -0.556. The first-order valence-electron chi connectivity index (χ1n) is 8.86. The van der Waals surface area contributed by atoms with Gasteiger partial charge in [0.15, 0.2) is 15.6 Å². The number of aryl methyl sites for hydroxylation is 1. The quantitative estimate of drug-likeness (QED) is 0.453. The molecule has 28 heavy (non-hydrogen) atoms. The lowest BCUT2D eigenvalue weighted by Gasteiger charge is -2.08. The van der Waals surface area contributed by atoms with Gasteiger partial charge in [-0.05, 0) is 24.6 Å². The molecule has 0 bridgehead atoms. The molecule has 4 aromatic rings. The number of hydrogen-bond donors (Lipinski definition) is 0. The monoisotopic (exact) mass is 390 g/mol. The van der Waals surface area contributed by atoms with Crippen LogP contribution in [0.1, 0.15) is 27.2 Å². The molecule has 0 unspecified atom stereocenters. The van der Waals surface area contributed by atoms with Gasteiger partial charge in [0.1, 0.15) is 5.58 Å². The molecule has 0 fully saturated rings. The Balaban J connectivity index is 1.87. The summed E-state index contributed by atoms with van der Waals surface area (Å²) in [4.78, 5) is 13.3. The first-order valence-corrected chi connectivity index (χ1v) is 10.5. The van der Waals surface area contributed by atoms with Crippen LogP contribution in [0.3, 0.4) is 0 Å². The molecule has 4 nitrogen and oxygen atoms in total. The zero-order valence-corrected chi connectivity index (χ0v) is 16.1. The maximum absolute atomic E-state index is 13.1. The highest BCUT2D eigenvalue weighted by molar-refractivity contribution is 7.90. The highest BCUT2D eigenvalue weighted by Gasteiger charge is 2.27. The van der Waals surface area contributed by atoms with Crippen molar-refractivity contribution < 1.29 is 17.6 Å². The molecule has 0 atom stereocenters. The van der Waals surface area contributed by atoms with Gasteiger partial charge in [-0.15, -0.1) is 0 Å². The Morgan fingerprint density at radius 3 is 2.25 bits per heavy atom. The molecule has 0 saturated heterocycles. The van der Waals surface area contributed by atoms with E-state index in [1.807, 2.05) is 6.07 Å². The minimum absolute atomic E-state index is 0.0737. The highest BCUT2D eigenvalue weighted by atomic mass is 32.2. The van der Waals surface area contributed by atoms with E-state index in [0.29, 0.717) is 27.7 Å².